The highest BCUT2D eigenvalue weighted by atomic mass is 32.1. The van der Waals surface area contributed by atoms with Crippen molar-refractivity contribution in [3.8, 4) is 0 Å². The third-order valence-electron chi connectivity index (χ3n) is 2.28. The van der Waals surface area contributed by atoms with E-state index in [1.807, 2.05) is 6.92 Å². The molecule has 90 valence electrons. The van der Waals surface area contributed by atoms with E-state index in [1.165, 1.54) is 0 Å². The number of nitrogens with zero attached hydrogens (tertiary/aromatic N) is 1. The van der Waals surface area contributed by atoms with Crippen LogP contribution in [0.25, 0.3) is 0 Å². The maximum atomic E-state index is 10.6. The van der Waals surface area contributed by atoms with Gasteiger partial charge in [0, 0.05) is 24.6 Å². The number of hydrogen-bond acceptors (Lipinski definition) is 5. The highest BCUT2D eigenvalue weighted by Gasteiger charge is 2.10. The molecule has 0 fully saturated rings. The summed E-state index contributed by atoms with van der Waals surface area (Å²) in [5.74, 6) is -0.987. The van der Waals surface area contributed by atoms with Gasteiger partial charge >= 0.3 is 5.97 Å². The van der Waals surface area contributed by atoms with E-state index in [4.69, 9.17) is 10.2 Å². The lowest BCUT2D eigenvalue weighted by Crippen LogP contribution is -2.29. The number of carbonyl (C=O) groups is 1. The quantitative estimate of drug-likeness (QED) is 0.669. The molecule has 1 rings (SSSR count). The second-order valence-corrected chi connectivity index (χ2v) is 4.31. The first-order chi connectivity index (χ1) is 7.67. The molecule has 0 aliphatic heterocycles. The Morgan fingerprint density at radius 1 is 1.69 bits per heavy atom. The number of thiazole rings is 1. The van der Waals surface area contributed by atoms with Gasteiger partial charge in [-0.3, -0.25) is 0 Å². The van der Waals surface area contributed by atoms with Gasteiger partial charge in [-0.05, 0) is 12.8 Å². The van der Waals surface area contributed by atoms with Crippen LogP contribution < -0.4 is 5.32 Å². The van der Waals surface area contributed by atoms with Gasteiger partial charge in [0.05, 0.1) is 5.69 Å². The Hall–Kier alpha value is -0.980. The van der Waals surface area contributed by atoms with Crippen molar-refractivity contribution in [2.75, 3.05) is 6.61 Å². The molecule has 0 spiro atoms. The van der Waals surface area contributed by atoms with Gasteiger partial charge in [-0.2, -0.15) is 0 Å². The molecule has 6 heteroatoms. The van der Waals surface area contributed by atoms with Crippen molar-refractivity contribution in [1.29, 1.82) is 0 Å². The molecular formula is C10H16N2O3S. The number of aromatic carboxylic acids is 1. The van der Waals surface area contributed by atoms with E-state index < -0.39 is 5.97 Å². The maximum absolute atomic E-state index is 10.6. The van der Waals surface area contributed by atoms with Crippen LogP contribution >= 0.6 is 11.3 Å². The summed E-state index contributed by atoms with van der Waals surface area (Å²) >= 11 is 1.13. The number of aromatic nitrogens is 1. The average Bonchev–Trinajstić information content (AvgIpc) is 2.73. The smallest absolute Gasteiger partial charge is 0.365 e. The molecule has 1 aromatic rings. The predicted octanol–water partition coefficient (Wildman–Crippen LogP) is 1.09. The standard InChI is InChI=1S/C10H16N2O3S/c1-2-7(3-4-13)11-5-8-6-16-9(12-8)10(14)15/h6-7,11,13H,2-5H2,1H3,(H,14,15). The molecule has 16 heavy (non-hydrogen) atoms. The van der Waals surface area contributed by atoms with Crippen LogP contribution in [0.4, 0.5) is 0 Å². The second-order valence-electron chi connectivity index (χ2n) is 3.45. The van der Waals surface area contributed by atoms with Crippen molar-refractivity contribution in [1.82, 2.24) is 10.3 Å². The lowest BCUT2D eigenvalue weighted by Gasteiger charge is -2.14. The minimum absolute atomic E-state index is 0.118. The van der Waals surface area contributed by atoms with Gasteiger partial charge in [0.25, 0.3) is 0 Å². The van der Waals surface area contributed by atoms with Gasteiger partial charge in [0.1, 0.15) is 0 Å². The molecule has 1 unspecified atom stereocenters. The summed E-state index contributed by atoms with van der Waals surface area (Å²) in [4.78, 5) is 14.6. The van der Waals surface area contributed by atoms with Crippen LogP contribution in [-0.2, 0) is 6.54 Å². The molecule has 5 nitrogen and oxygen atoms in total. The molecule has 0 saturated heterocycles. The van der Waals surface area contributed by atoms with E-state index >= 15 is 0 Å². The summed E-state index contributed by atoms with van der Waals surface area (Å²) in [5.41, 5.74) is 0.735. The summed E-state index contributed by atoms with van der Waals surface area (Å²) in [6, 6.07) is 0.250. The fourth-order valence-corrected chi connectivity index (χ4v) is 2.00. The zero-order chi connectivity index (χ0) is 12.0. The first-order valence-electron chi connectivity index (χ1n) is 5.19. The first-order valence-corrected chi connectivity index (χ1v) is 6.07. The second kappa shape index (κ2) is 6.57. The van der Waals surface area contributed by atoms with Crippen molar-refractivity contribution >= 4 is 17.3 Å². The fraction of sp³-hybridized carbons (Fsp3) is 0.600. The largest absolute Gasteiger partial charge is 0.476 e. The Morgan fingerprint density at radius 3 is 2.94 bits per heavy atom. The van der Waals surface area contributed by atoms with Gasteiger partial charge < -0.3 is 15.5 Å². The summed E-state index contributed by atoms with van der Waals surface area (Å²) in [7, 11) is 0. The topological polar surface area (TPSA) is 82.5 Å². The van der Waals surface area contributed by atoms with Crippen LogP contribution in [-0.4, -0.2) is 33.8 Å². The summed E-state index contributed by atoms with van der Waals surface area (Å²) < 4.78 is 0. The zero-order valence-electron chi connectivity index (χ0n) is 9.14. The minimum atomic E-state index is -0.987. The van der Waals surface area contributed by atoms with Crippen LogP contribution in [0.5, 0.6) is 0 Å². The van der Waals surface area contributed by atoms with Gasteiger partial charge in [0.15, 0.2) is 0 Å². The fourth-order valence-electron chi connectivity index (χ4n) is 1.34. The van der Waals surface area contributed by atoms with Gasteiger partial charge in [0.2, 0.25) is 5.01 Å². The number of rotatable bonds is 7. The third kappa shape index (κ3) is 3.88. The molecule has 0 bridgehead atoms. The van der Waals surface area contributed by atoms with E-state index in [-0.39, 0.29) is 17.7 Å². The molecule has 0 aliphatic rings. The van der Waals surface area contributed by atoms with Crippen LogP contribution in [0, 0.1) is 0 Å². The summed E-state index contributed by atoms with van der Waals surface area (Å²) in [6.45, 7) is 2.74. The van der Waals surface area contributed by atoms with Crippen LogP contribution in [0.3, 0.4) is 0 Å². The van der Waals surface area contributed by atoms with Crippen molar-refractivity contribution in [2.24, 2.45) is 0 Å². The number of hydrogen-bond donors (Lipinski definition) is 3. The highest BCUT2D eigenvalue weighted by molar-refractivity contribution is 7.11. The minimum Gasteiger partial charge on any atom is -0.476 e. The molecule has 0 aliphatic carbocycles. The molecule has 1 atom stereocenters. The van der Waals surface area contributed by atoms with Crippen molar-refractivity contribution < 1.29 is 15.0 Å². The lowest BCUT2D eigenvalue weighted by molar-refractivity contribution is 0.0696. The van der Waals surface area contributed by atoms with Crippen molar-refractivity contribution in [2.45, 2.75) is 32.4 Å². The van der Waals surface area contributed by atoms with Crippen LogP contribution in [0.1, 0.15) is 35.3 Å². The predicted molar refractivity (Wildman–Crippen MR) is 61.7 cm³/mol. The number of aliphatic hydroxyl groups is 1. The molecule has 0 saturated carbocycles. The van der Waals surface area contributed by atoms with E-state index in [0.29, 0.717) is 13.0 Å². The maximum Gasteiger partial charge on any atom is 0.365 e. The van der Waals surface area contributed by atoms with Gasteiger partial charge in [-0.15, -0.1) is 11.3 Å². The SMILES string of the molecule is CCC(CCO)NCc1csc(C(=O)O)n1. The molecule has 0 radical (unpaired) electrons. The number of nitrogens with one attached hydrogen (secondary N) is 1. The molecule has 3 N–H and O–H groups in total. The van der Waals surface area contributed by atoms with E-state index in [9.17, 15) is 4.79 Å². The van der Waals surface area contributed by atoms with Crippen LogP contribution in [0.15, 0.2) is 5.38 Å². The normalized spacial score (nSPS) is 12.6. The average molecular weight is 244 g/mol. The third-order valence-corrected chi connectivity index (χ3v) is 3.16. The number of aliphatic hydroxyl groups excluding tert-OH is 1. The monoisotopic (exact) mass is 244 g/mol. The van der Waals surface area contributed by atoms with Crippen molar-refractivity contribution in [3.05, 3.63) is 16.1 Å². The van der Waals surface area contributed by atoms with Gasteiger partial charge in [-0.1, -0.05) is 6.92 Å². The molecule has 1 aromatic heterocycles. The summed E-state index contributed by atoms with van der Waals surface area (Å²) in [5, 5.41) is 22.6. The Morgan fingerprint density at radius 2 is 2.44 bits per heavy atom. The van der Waals surface area contributed by atoms with E-state index in [0.717, 1.165) is 23.5 Å². The first kappa shape index (κ1) is 13.1. The molecule has 0 aromatic carbocycles. The van der Waals surface area contributed by atoms with E-state index in [1.54, 1.807) is 5.38 Å². The Bertz CT molecular complexity index is 341. The van der Waals surface area contributed by atoms with Crippen molar-refractivity contribution in [3.63, 3.8) is 0 Å². The van der Waals surface area contributed by atoms with Gasteiger partial charge in [-0.25, -0.2) is 9.78 Å². The zero-order valence-corrected chi connectivity index (χ0v) is 9.96. The Balaban J connectivity index is 2.44. The number of carboxylic acid groups (broad SMARTS) is 1. The van der Waals surface area contributed by atoms with E-state index in [2.05, 4.69) is 10.3 Å². The Kier molecular flexibility index (Phi) is 5.37. The summed E-state index contributed by atoms with van der Waals surface area (Å²) in [6.07, 6.45) is 1.63. The van der Waals surface area contributed by atoms with Crippen LogP contribution in [0.2, 0.25) is 0 Å². The molecule has 1 heterocycles. The number of carboxylic acids is 1. The lowest BCUT2D eigenvalue weighted by atomic mass is 10.1. The Labute approximate surface area is 98.1 Å². The highest BCUT2D eigenvalue weighted by Crippen LogP contribution is 2.10. The molecule has 0 amide bonds. The molecular weight excluding hydrogens is 228 g/mol.